The molecule has 0 rings (SSSR count). The van der Waals surface area contributed by atoms with Gasteiger partial charge >= 0.3 is 11.9 Å². The molecule has 20 heavy (non-hydrogen) atoms. The van der Waals surface area contributed by atoms with Crippen LogP contribution in [0.1, 0.15) is 13.3 Å². The van der Waals surface area contributed by atoms with Crippen molar-refractivity contribution in [2.75, 3.05) is 34.2 Å². The Morgan fingerprint density at radius 1 is 1.35 bits per heavy atom. The Hall–Kier alpha value is -1.25. The first kappa shape index (κ1) is 18.8. The first-order valence-electron chi connectivity index (χ1n) is 5.95. The fourth-order valence-corrected chi connectivity index (χ4v) is 1.32. The Balaban J connectivity index is 4.71. The first-order chi connectivity index (χ1) is 9.41. The van der Waals surface area contributed by atoms with Gasteiger partial charge < -0.3 is 24.1 Å². The molecule has 0 radical (unpaired) electrons. The highest BCUT2D eigenvalue weighted by molar-refractivity contribution is 5.74. The van der Waals surface area contributed by atoms with Gasteiger partial charge in [0.05, 0.1) is 13.2 Å². The van der Waals surface area contributed by atoms with E-state index in [0.29, 0.717) is 6.61 Å². The fraction of sp³-hybridized carbons (Fsp3) is 0.750. The van der Waals surface area contributed by atoms with Crippen LogP contribution in [-0.2, 0) is 23.7 Å². The molecule has 0 aromatic rings. The zero-order chi connectivity index (χ0) is 15.6. The second-order valence-electron chi connectivity index (χ2n) is 3.72. The topological polar surface area (TPSA) is 74.2 Å². The van der Waals surface area contributed by atoms with Crippen molar-refractivity contribution in [3.05, 3.63) is 11.8 Å². The molecule has 0 saturated heterocycles. The van der Waals surface area contributed by atoms with Gasteiger partial charge in [0, 0.05) is 14.2 Å². The molecule has 1 atom stereocenters. The summed E-state index contributed by atoms with van der Waals surface area (Å²) in [5.74, 6) is -6.35. The van der Waals surface area contributed by atoms with Gasteiger partial charge in [-0.3, -0.25) is 0 Å². The summed E-state index contributed by atoms with van der Waals surface area (Å²) in [6.45, 7) is 1.66. The van der Waals surface area contributed by atoms with Crippen LogP contribution >= 0.6 is 0 Å². The maximum atomic E-state index is 14.0. The maximum Gasteiger partial charge on any atom is 0.340 e. The summed E-state index contributed by atoms with van der Waals surface area (Å²) < 4.78 is 46.7. The van der Waals surface area contributed by atoms with Gasteiger partial charge in [-0.2, -0.15) is 8.78 Å². The number of carbonyl (C=O) groups is 1. The average Bonchev–Trinajstić information content (AvgIpc) is 2.37. The molecular formula is C12H20F2O6. The minimum absolute atomic E-state index is 0.175. The van der Waals surface area contributed by atoms with Gasteiger partial charge in [-0.25, -0.2) is 4.79 Å². The van der Waals surface area contributed by atoms with E-state index in [9.17, 15) is 13.6 Å². The van der Waals surface area contributed by atoms with Gasteiger partial charge in [0.25, 0.3) is 0 Å². The lowest BCUT2D eigenvalue weighted by Crippen LogP contribution is -2.43. The molecule has 0 spiro atoms. The summed E-state index contributed by atoms with van der Waals surface area (Å²) in [6, 6.07) is 0. The number of methoxy groups -OCH3 is 2. The molecule has 0 aliphatic carbocycles. The summed E-state index contributed by atoms with van der Waals surface area (Å²) in [7, 11) is 2.36. The van der Waals surface area contributed by atoms with Crippen molar-refractivity contribution in [2.45, 2.75) is 25.4 Å². The van der Waals surface area contributed by atoms with Crippen molar-refractivity contribution >= 4 is 5.97 Å². The van der Waals surface area contributed by atoms with Crippen LogP contribution in [-0.4, -0.2) is 57.3 Å². The highest BCUT2D eigenvalue weighted by Gasteiger charge is 2.50. The molecule has 118 valence electrons. The molecule has 8 heteroatoms. The molecule has 0 amide bonds. The fourth-order valence-electron chi connectivity index (χ4n) is 1.32. The van der Waals surface area contributed by atoms with Crippen molar-refractivity contribution < 1.29 is 37.6 Å². The van der Waals surface area contributed by atoms with E-state index in [1.54, 1.807) is 6.92 Å². The van der Waals surface area contributed by atoms with E-state index in [-0.39, 0.29) is 13.0 Å². The molecule has 0 aliphatic rings. The summed E-state index contributed by atoms with van der Waals surface area (Å²) >= 11 is 0. The van der Waals surface area contributed by atoms with Crippen LogP contribution in [0.25, 0.3) is 0 Å². The summed E-state index contributed by atoms with van der Waals surface area (Å²) in [5.41, 5.74) is 0. The average molecular weight is 298 g/mol. The Morgan fingerprint density at radius 2 is 2.00 bits per heavy atom. The molecular weight excluding hydrogens is 278 g/mol. The smallest absolute Gasteiger partial charge is 0.340 e. The number of alkyl halides is 2. The first-order valence-corrected chi connectivity index (χ1v) is 5.95. The normalized spacial score (nSPS) is 14.2. The van der Waals surface area contributed by atoms with E-state index in [0.717, 1.165) is 13.2 Å². The highest BCUT2D eigenvalue weighted by atomic mass is 19.3. The third-order valence-corrected chi connectivity index (χ3v) is 2.24. The molecule has 0 saturated carbocycles. The number of hydrogen-bond acceptors (Lipinski definition) is 5. The number of carboxylic acid groups (broad SMARTS) is 1. The predicted octanol–water partition coefficient (Wildman–Crippen LogP) is 1.65. The van der Waals surface area contributed by atoms with Gasteiger partial charge in [0.2, 0.25) is 6.10 Å². The van der Waals surface area contributed by atoms with E-state index < -0.39 is 30.5 Å². The number of rotatable bonds is 11. The second-order valence-corrected chi connectivity index (χ2v) is 3.72. The summed E-state index contributed by atoms with van der Waals surface area (Å²) in [6.07, 6.45) is -0.979. The molecule has 0 aliphatic heterocycles. The van der Waals surface area contributed by atoms with Crippen LogP contribution in [0.15, 0.2) is 11.8 Å². The Bertz CT molecular complexity index is 319. The Kier molecular flexibility index (Phi) is 9.02. The molecule has 0 aromatic heterocycles. The molecule has 1 N–H and O–H groups in total. The van der Waals surface area contributed by atoms with E-state index in [4.69, 9.17) is 19.3 Å². The number of hydrogen-bond donors (Lipinski definition) is 1. The molecule has 1 unspecified atom stereocenters. The van der Waals surface area contributed by atoms with Crippen molar-refractivity contribution in [3.63, 3.8) is 0 Å². The Morgan fingerprint density at radius 3 is 2.45 bits per heavy atom. The number of halogens is 2. The summed E-state index contributed by atoms with van der Waals surface area (Å²) in [5, 5.41) is 8.73. The van der Waals surface area contributed by atoms with E-state index >= 15 is 0 Å². The lowest BCUT2D eigenvalue weighted by molar-refractivity contribution is -0.180. The number of ether oxygens (including phenoxy) is 4. The Labute approximate surface area is 116 Å². The van der Waals surface area contributed by atoms with Gasteiger partial charge in [0.1, 0.15) is 0 Å². The SMILES string of the molecule is CC/C=C(\OCOCCOC)C(F)(F)C(OC)C(=O)O. The van der Waals surface area contributed by atoms with Crippen molar-refractivity contribution in [3.8, 4) is 0 Å². The molecule has 0 fully saturated rings. The zero-order valence-electron chi connectivity index (χ0n) is 11.7. The van der Waals surface area contributed by atoms with Crippen LogP contribution in [0.5, 0.6) is 0 Å². The van der Waals surface area contributed by atoms with Crippen LogP contribution in [0.3, 0.4) is 0 Å². The van der Waals surface area contributed by atoms with Gasteiger partial charge in [-0.1, -0.05) is 6.92 Å². The largest absolute Gasteiger partial charge is 0.479 e. The second kappa shape index (κ2) is 9.62. The van der Waals surface area contributed by atoms with Crippen molar-refractivity contribution in [1.29, 1.82) is 0 Å². The number of carboxylic acids is 1. The van der Waals surface area contributed by atoms with E-state index in [2.05, 4.69) is 4.74 Å². The molecule has 6 nitrogen and oxygen atoms in total. The summed E-state index contributed by atoms with van der Waals surface area (Å²) in [4.78, 5) is 10.8. The van der Waals surface area contributed by atoms with E-state index in [1.165, 1.54) is 7.11 Å². The van der Waals surface area contributed by atoms with E-state index in [1.807, 2.05) is 0 Å². The molecule has 0 bridgehead atoms. The van der Waals surface area contributed by atoms with Crippen LogP contribution in [0.4, 0.5) is 8.78 Å². The minimum Gasteiger partial charge on any atom is -0.479 e. The third-order valence-electron chi connectivity index (χ3n) is 2.24. The van der Waals surface area contributed by atoms with Gasteiger partial charge in [-0.05, 0) is 12.5 Å². The monoisotopic (exact) mass is 298 g/mol. The number of aliphatic carboxylic acids is 1. The van der Waals surface area contributed by atoms with Crippen LogP contribution in [0, 0.1) is 0 Å². The zero-order valence-corrected chi connectivity index (χ0v) is 11.7. The molecule has 0 heterocycles. The number of allylic oxidation sites excluding steroid dienone is 1. The third kappa shape index (κ3) is 5.81. The van der Waals surface area contributed by atoms with Gasteiger partial charge in [0.15, 0.2) is 12.6 Å². The predicted molar refractivity (Wildman–Crippen MR) is 65.5 cm³/mol. The lowest BCUT2D eigenvalue weighted by Gasteiger charge is -2.25. The van der Waals surface area contributed by atoms with Crippen molar-refractivity contribution in [1.82, 2.24) is 0 Å². The maximum absolute atomic E-state index is 14.0. The van der Waals surface area contributed by atoms with Crippen LogP contribution < -0.4 is 0 Å². The standard InChI is InChI=1S/C12H20F2O6/c1-4-5-9(20-8-19-7-6-17-2)12(13,14)10(18-3)11(15)16/h5,10H,4,6-8H2,1-3H3,(H,15,16)/b9-5-. The van der Waals surface area contributed by atoms with Crippen LogP contribution in [0.2, 0.25) is 0 Å². The lowest BCUT2D eigenvalue weighted by atomic mass is 10.1. The quantitative estimate of drug-likeness (QED) is 0.355. The minimum atomic E-state index is -3.79. The van der Waals surface area contributed by atoms with Gasteiger partial charge in [-0.15, -0.1) is 0 Å². The highest BCUT2D eigenvalue weighted by Crippen LogP contribution is 2.31. The molecule has 0 aromatic carbocycles. The van der Waals surface area contributed by atoms with Crippen molar-refractivity contribution in [2.24, 2.45) is 0 Å².